The number of fused-ring (bicyclic) bond motifs is 1. The number of amides is 3. The summed E-state index contributed by atoms with van der Waals surface area (Å²) in [4.78, 5) is 37.7. The van der Waals surface area contributed by atoms with Crippen molar-refractivity contribution in [1.82, 2.24) is 10.2 Å². The topological polar surface area (TPSA) is 66.5 Å². The Morgan fingerprint density at radius 3 is 2.63 bits per heavy atom. The second-order valence-electron chi connectivity index (χ2n) is 6.15. The van der Waals surface area contributed by atoms with Gasteiger partial charge in [0.2, 0.25) is 11.8 Å². The van der Waals surface area contributed by atoms with Crippen molar-refractivity contribution in [3.05, 3.63) is 70.2 Å². The van der Waals surface area contributed by atoms with E-state index in [0.29, 0.717) is 22.7 Å². The normalized spacial score (nSPS) is 13.4. The molecule has 0 saturated carbocycles. The van der Waals surface area contributed by atoms with Gasteiger partial charge in [0.05, 0.1) is 6.42 Å². The predicted octanol–water partition coefficient (Wildman–Crippen LogP) is 2.91. The summed E-state index contributed by atoms with van der Waals surface area (Å²) in [6.45, 7) is 0.234. The highest BCUT2D eigenvalue weighted by Gasteiger charge is 2.31. The SMILES string of the molecule is O=C(CN1C(=O)Cc2ccccc2C1=O)NCCSCc1ccc(Cl)cc1. The molecule has 1 N–H and O–H groups in total. The molecule has 3 rings (SSSR count). The molecule has 140 valence electrons. The van der Waals surface area contributed by atoms with E-state index in [1.807, 2.05) is 24.3 Å². The number of carbonyl (C=O) groups is 3. The molecule has 5 nitrogen and oxygen atoms in total. The minimum Gasteiger partial charge on any atom is -0.354 e. The fourth-order valence-corrected chi connectivity index (χ4v) is 3.74. The van der Waals surface area contributed by atoms with Gasteiger partial charge in [0.25, 0.3) is 5.91 Å². The molecule has 0 atom stereocenters. The van der Waals surface area contributed by atoms with Gasteiger partial charge in [-0.1, -0.05) is 41.9 Å². The Balaban J connectivity index is 1.42. The third kappa shape index (κ3) is 5.11. The summed E-state index contributed by atoms with van der Waals surface area (Å²) in [6, 6.07) is 14.6. The van der Waals surface area contributed by atoms with Gasteiger partial charge in [0.1, 0.15) is 6.54 Å². The van der Waals surface area contributed by atoms with Crippen molar-refractivity contribution in [3.8, 4) is 0 Å². The van der Waals surface area contributed by atoms with Crippen LogP contribution in [0.25, 0.3) is 0 Å². The lowest BCUT2D eigenvalue weighted by molar-refractivity contribution is -0.133. The van der Waals surface area contributed by atoms with Crippen LogP contribution >= 0.6 is 23.4 Å². The summed E-state index contributed by atoms with van der Waals surface area (Å²) in [7, 11) is 0. The van der Waals surface area contributed by atoms with Crippen LogP contribution in [0.4, 0.5) is 0 Å². The standard InChI is InChI=1S/C20H19ClN2O3S/c21-16-7-5-14(6-8-16)13-27-10-9-22-18(24)12-23-19(25)11-15-3-1-2-4-17(15)20(23)26/h1-8H,9-13H2,(H,22,24). The number of carbonyl (C=O) groups excluding carboxylic acids is 3. The zero-order chi connectivity index (χ0) is 19.2. The van der Waals surface area contributed by atoms with Crippen LogP contribution in [-0.2, 0) is 21.8 Å². The Morgan fingerprint density at radius 2 is 1.85 bits per heavy atom. The maximum atomic E-state index is 12.4. The summed E-state index contributed by atoms with van der Waals surface area (Å²) < 4.78 is 0. The van der Waals surface area contributed by atoms with E-state index in [-0.39, 0.29) is 24.8 Å². The van der Waals surface area contributed by atoms with Crippen LogP contribution in [0.15, 0.2) is 48.5 Å². The van der Waals surface area contributed by atoms with Crippen LogP contribution in [-0.4, -0.2) is 41.5 Å². The Bertz CT molecular complexity index is 855. The largest absolute Gasteiger partial charge is 0.354 e. The molecule has 0 aromatic heterocycles. The van der Waals surface area contributed by atoms with Crippen LogP contribution in [0.3, 0.4) is 0 Å². The van der Waals surface area contributed by atoms with Gasteiger partial charge in [-0.3, -0.25) is 19.3 Å². The molecule has 0 spiro atoms. The van der Waals surface area contributed by atoms with E-state index in [1.54, 1.807) is 36.0 Å². The molecular formula is C20H19ClN2O3S. The van der Waals surface area contributed by atoms with Gasteiger partial charge in [0, 0.05) is 28.6 Å². The second kappa shape index (κ2) is 9.06. The molecule has 7 heteroatoms. The zero-order valence-electron chi connectivity index (χ0n) is 14.6. The van der Waals surface area contributed by atoms with Crippen LogP contribution < -0.4 is 5.32 Å². The molecular weight excluding hydrogens is 384 g/mol. The molecule has 3 amide bonds. The molecule has 0 radical (unpaired) electrons. The third-order valence-electron chi connectivity index (χ3n) is 4.19. The Kier molecular flexibility index (Phi) is 6.53. The van der Waals surface area contributed by atoms with E-state index in [0.717, 1.165) is 16.4 Å². The monoisotopic (exact) mass is 402 g/mol. The summed E-state index contributed by atoms with van der Waals surface area (Å²) in [5, 5.41) is 3.47. The van der Waals surface area contributed by atoms with Crippen LogP contribution in [0.1, 0.15) is 21.5 Å². The Morgan fingerprint density at radius 1 is 1.11 bits per heavy atom. The van der Waals surface area contributed by atoms with Gasteiger partial charge in [-0.25, -0.2) is 0 Å². The predicted molar refractivity (Wildman–Crippen MR) is 107 cm³/mol. The number of nitrogens with one attached hydrogen (secondary N) is 1. The molecule has 27 heavy (non-hydrogen) atoms. The van der Waals surface area contributed by atoms with Crippen LogP contribution in [0, 0.1) is 0 Å². The zero-order valence-corrected chi connectivity index (χ0v) is 16.2. The van der Waals surface area contributed by atoms with Gasteiger partial charge < -0.3 is 5.32 Å². The van der Waals surface area contributed by atoms with Crippen molar-refractivity contribution in [2.75, 3.05) is 18.8 Å². The lowest BCUT2D eigenvalue weighted by Crippen LogP contribution is -2.47. The molecule has 0 unspecified atom stereocenters. The minimum atomic E-state index is -0.408. The summed E-state index contributed by atoms with van der Waals surface area (Å²) in [6.07, 6.45) is 0.145. The van der Waals surface area contributed by atoms with E-state index in [9.17, 15) is 14.4 Å². The van der Waals surface area contributed by atoms with Crippen LogP contribution in [0.2, 0.25) is 5.02 Å². The van der Waals surface area contributed by atoms with Crippen molar-refractivity contribution < 1.29 is 14.4 Å². The maximum Gasteiger partial charge on any atom is 0.261 e. The smallest absolute Gasteiger partial charge is 0.261 e. The lowest BCUT2D eigenvalue weighted by atomic mass is 9.98. The second-order valence-corrected chi connectivity index (χ2v) is 7.69. The lowest BCUT2D eigenvalue weighted by Gasteiger charge is -2.26. The van der Waals surface area contributed by atoms with Gasteiger partial charge in [0.15, 0.2) is 0 Å². The molecule has 0 fully saturated rings. The number of hydrogen-bond donors (Lipinski definition) is 1. The fourth-order valence-electron chi connectivity index (χ4n) is 2.79. The third-order valence-corrected chi connectivity index (χ3v) is 5.47. The fraction of sp³-hybridized carbons (Fsp3) is 0.250. The van der Waals surface area contributed by atoms with E-state index in [1.165, 1.54) is 5.56 Å². The molecule has 0 saturated heterocycles. The maximum absolute atomic E-state index is 12.4. The van der Waals surface area contributed by atoms with Crippen molar-refractivity contribution >= 4 is 41.1 Å². The molecule has 1 aliphatic rings. The van der Waals surface area contributed by atoms with Crippen molar-refractivity contribution in [2.45, 2.75) is 12.2 Å². The number of benzene rings is 2. The number of rotatable bonds is 7. The summed E-state index contributed by atoms with van der Waals surface area (Å²) in [5.41, 5.74) is 2.37. The van der Waals surface area contributed by atoms with Gasteiger partial charge in [-0.05, 0) is 29.3 Å². The number of nitrogens with zero attached hydrogens (tertiary/aromatic N) is 1. The summed E-state index contributed by atoms with van der Waals surface area (Å²) in [5.74, 6) is 0.481. The molecule has 1 heterocycles. The Hall–Kier alpha value is -2.31. The number of thioether (sulfide) groups is 1. The number of halogens is 1. The van der Waals surface area contributed by atoms with Gasteiger partial charge in [-0.15, -0.1) is 0 Å². The van der Waals surface area contributed by atoms with Crippen molar-refractivity contribution in [3.63, 3.8) is 0 Å². The van der Waals surface area contributed by atoms with Crippen molar-refractivity contribution in [1.29, 1.82) is 0 Å². The first-order valence-corrected chi connectivity index (χ1v) is 10.1. The van der Waals surface area contributed by atoms with E-state index < -0.39 is 5.91 Å². The molecule has 2 aromatic rings. The Labute approximate surface area is 167 Å². The highest BCUT2D eigenvalue weighted by molar-refractivity contribution is 7.98. The number of imide groups is 1. The average Bonchev–Trinajstić information content (AvgIpc) is 2.66. The van der Waals surface area contributed by atoms with Gasteiger partial charge in [-0.2, -0.15) is 11.8 Å². The first-order chi connectivity index (χ1) is 13.0. The average molecular weight is 403 g/mol. The van der Waals surface area contributed by atoms with Gasteiger partial charge >= 0.3 is 0 Å². The van der Waals surface area contributed by atoms with E-state index in [2.05, 4.69) is 5.32 Å². The highest BCUT2D eigenvalue weighted by Crippen LogP contribution is 2.19. The highest BCUT2D eigenvalue weighted by atomic mass is 35.5. The number of hydrogen-bond acceptors (Lipinski definition) is 4. The molecule has 2 aromatic carbocycles. The van der Waals surface area contributed by atoms with Crippen molar-refractivity contribution in [2.24, 2.45) is 0 Å². The molecule has 1 aliphatic heterocycles. The van der Waals surface area contributed by atoms with Crippen LogP contribution in [0.5, 0.6) is 0 Å². The van der Waals surface area contributed by atoms with E-state index >= 15 is 0 Å². The van der Waals surface area contributed by atoms with E-state index in [4.69, 9.17) is 11.6 Å². The first kappa shape index (κ1) is 19.5. The molecule has 0 aliphatic carbocycles. The molecule has 0 bridgehead atoms. The first-order valence-electron chi connectivity index (χ1n) is 8.56. The quantitative estimate of drug-likeness (QED) is 0.571. The minimum absolute atomic E-state index is 0.145. The summed E-state index contributed by atoms with van der Waals surface area (Å²) >= 11 is 7.54.